The summed E-state index contributed by atoms with van der Waals surface area (Å²) in [5.74, 6) is -0.314. The highest BCUT2D eigenvalue weighted by Gasteiger charge is 2.19. The molecule has 0 saturated carbocycles. The first kappa shape index (κ1) is 13.1. The van der Waals surface area contributed by atoms with Gasteiger partial charge in [-0.05, 0) is 16.7 Å². The molecular weight excluding hydrogens is 236 g/mol. The lowest BCUT2D eigenvalue weighted by molar-refractivity contribution is -0.144. The lowest BCUT2D eigenvalue weighted by Crippen LogP contribution is -2.10. The summed E-state index contributed by atoms with van der Waals surface area (Å²) in [4.78, 5) is 11.3. The Morgan fingerprint density at radius 3 is 2.05 bits per heavy atom. The summed E-state index contributed by atoms with van der Waals surface area (Å²) >= 11 is 0. The maximum absolute atomic E-state index is 11.3. The zero-order chi connectivity index (χ0) is 13.7. The van der Waals surface area contributed by atoms with E-state index in [-0.39, 0.29) is 5.97 Å². The third-order valence-corrected chi connectivity index (χ3v) is 2.85. The van der Waals surface area contributed by atoms with Gasteiger partial charge in [-0.15, -0.1) is 0 Å². The van der Waals surface area contributed by atoms with Gasteiger partial charge in [0.2, 0.25) is 0 Å². The largest absolute Gasteiger partial charge is 0.453 e. The van der Waals surface area contributed by atoms with Crippen molar-refractivity contribution < 1.29 is 9.53 Å². The van der Waals surface area contributed by atoms with Crippen LogP contribution in [-0.2, 0) is 9.53 Å². The van der Waals surface area contributed by atoms with Crippen LogP contribution >= 0.6 is 0 Å². The SMILES string of the molecule is C=C(c1ccccc1)C(OC(C)=O)c1ccccc1. The zero-order valence-corrected chi connectivity index (χ0v) is 10.9. The van der Waals surface area contributed by atoms with Crippen LogP contribution in [0.2, 0.25) is 0 Å². The third-order valence-electron chi connectivity index (χ3n) is 2.85. The van der Waals surface area contributed by atoms with E-state index in [2.05, 4.69) is 6.58 Å². The molecule has 2 aromatic rings. The van der Waals surface area contributed by atoms with E-state index in [1.807, 2.05) is 60.7 Å². The topological polar surface area (TPSA) is 26.3 Å². The fourth-order valence-electron chi connectivity index (χ4n) is 1.94. The monoisotopic (exact) mass is 252 g/mol. The van der Waals surface area contributed by atoms with Crippen LogP contribution in [0.5, 0.6) is 0 Å². The molecule has 0 heterocycles. The molecule has 0 fully saturated rings. The van der Waals surface area contributed by atoms with Gasteiger partial charge in [0.15, 0.2) is 6.10 Å². The maximum Gasteiger partial charge on any atom is 0.303 e. The lowest BCUT2D eigenvalue weighted by Gasteiger charge is -2.20. The molecule has 2 rings (SSSR count). The minimum absolute atomic E-state index is 0.314. The Kier molecular flexibility index (Phi) is 4.14. The van der Waals surface area contributed by atoms with Crippen molar-refractivity contribution in [2.24, 2.45) is 0 Å². The van der Waals surface area contributed by atoms with Gasteiger partial charge in [-0.25, -0.2) is 0 Å². The molecule has 0 aliphatic carbocycles. The molecule has 0 spiro atoms. The van der Waals surface area contributed by atoms with Gasteiger partial charge in [0.1, 0.15) is 0 Å². The number of ether oxygens (including phenoxy) is 1. The molecule has 0 N–H and O–H groups in total. The van der Waals surface area contributed by atoms with Gasteiger partial charge in [-0.3, -0.25) is 4.79 Å². The van der Waals surface area contributed by atoms with Crippen molar-refractivity contribution in [3.05, 3.63) is 78.4 Å². The molecular formula is C17H16O2. The molecule has 1 atom stereocenters. The fourth-order valence-corrected chi connectivity index (χ4v) is 1.94. The van der Waals surface area contributed by atoms with E-state index in [0.717, 1.165) is 16.7 Å². The van der Waals surface area contributed by atoms with Crippen molar-refractivity contribution in [2.45, 2.75) is 13.0 Å². The molecule has 1 unspecified atom stereocenters. The molecule has 19 heavy (non-hydrogen) atoms. The summed E-state index contributed by atoms with van der Waals surface area (Å²) in [5.41, 5.74) is 2.67. The van der Waals surface area contributed by atoms with Gasteiger partial charge in [-0.2, -0.15) is 0 Å². The summed E-state index contributed by atoms with van der Waals surface area (Å²) < 4.78 is 5.41. The molecule has 0 radical (unpaired) electrons. The molecule has 2 nitrogen and oxygen atoms in total. The van der Waals surface area contributed by atoms with Crippen molar-refractivity contribution in [3.63, 3.8) is 0 Å². The molecule has 0 bridgehead atoms. The highest BCUT2D eigenvalue weighted by Crippen LogP contribution is 2.31. The smallest absolute Gasteiger partial charge is 0.303 e. The van der Waals surface area contributed by atoms with Crippen molar-refractivity contribution in [1.82, 2.24) is 0 Å². The van der Waals surface area contributed by atoms with Crippen LogP contribution in [0.4, 0.5) is 0 Å². The van der Waals surface area contributed by atoms with E-state index in [4.69, 9.17) is 4.74 Å². The van der Waals surface area contributed by atoms with E-state index < -0.39 is 6.10 Å². The van der Waals surface area contributed by atoms with Crippen LogP contribution in [0.3, 0.4) is 0 Å². The first-order valence-corrected chi connectivity index (χ1v) is 6.15. The van der Waals surface area contributed by atoms with Crippen molar-refractivity contribution >= 4 is 11.5 Å². The third kappa shape index (κ3) is 3.32. The Balaban J connectivity index is 2.33. The lowest BCUT2D eigenvalue weighted by atomic mass is 9.96. The summed E-state index contributed by atoms with van der Waals surface area (Å²) in [6, 6.07) is 19.4. The van der Waals surface area contributed by atoms with Gasteiger partial charge < -0.3 is 4.74 Å². The normalized spacial score (nSPS) is 11.6. The second-order valence-corrected chi connectivity index (χ2v) is 4.29. The van der Waals surface area contributed by atoms with Gasteiger partial charge >= 0.3 is 5.97 Å². The summed E-state index contributed by atoms with van der Waals surface area (Å²) in [7, 11) is 0. The first-order valence-electron chi connectivity index (χ1n) is 6.15. The molecule has 96 valence electrons. The highest BCUT2D eigenvalue weighted by molar-refractivity contribution is 5.73. The minimum atomic E-state index is -0.443. The number of carbonyl (C=O) groups is 1. The van der Waals surface area contributed by atoms with Crippen LogP contribution in [-0.4, -0.2) is 5.97 Å². The first-order chi connectivity index (χ1) is 9.18. The van der Waals surface area contributed by atoms with Crippen molar-refractivity contribution in [1.29, 1.82) is 0 Å². The number of hydrogen-bond donors (Lipinski definition) is 0. The van der Waals surface area contributed by atoms with Gasteiger partial charge in [0.05, 0.1) is 0 Å². The number of carbonyl (C=O) groups excluding carboxylic acids is 1. The second-order valence-electron chi connectivity index (χ2n) is 4.29. The standard InChI is InChI=1S/C17H16O2/c1-13(15-9-5-3-6-10-15)17(19-14(2)18)16-11-7-4-8-12-16/h3-12,17H,1H2,2H3. The van der Waals surface area contributed by atoms with Gasteiger partial charge in [-0.1, -0.05) is 67.2 Å². The molecule has 2 heteroatoms. The van der Waals surface area contributed by atoms with E-state index in [0.29, 0.717) is 0 Å². The van der Waals surface area contributed by atoms with Crippen LogP contribution in [0, 0.1) is 0 Å². The van der Waals surface area contributed by atoms with Crippen LogP contribution in [0.25, 0.3) is 5.57 Å². The maximum atomic E-state index is 11.3. The summed E-state index contributed by atoms with van der Waals surface area (Å²) in [5, 5.41) is 0. The number of esters is 1. The highest BCUT2D eigenvalue weighted by atomic mass is 16.5. The Morgan fingerprint density at radius 1 is 1.00 bits per heavy atom. The quantitative estimate of drug-likeness (QED) is 0.769. The predicted octanol–water partition coefficient (Wildman–Crippen LogP) is 4.00. The van der Waals surface area contributed by atoms with E-state index >= 15 is 0 Å². The Bertz CT molecular complexity index is 558. The van der Waals surface area contributed by atoms with E-state index in [1.54, 1.807) is 0 Å². The molecule has 0 saturated heterocycles. The number of hydrogen-bond acceptors (Lipinski definition) is 2. The number of benzene rings is 2. The van der Waals surface area contributed by atoms with Crippen molar-refractivity contribution in [2.75, 3.05) is 0 Å². The van der Waals surface area contributed by atoms with E-state index in [9.17, 15) is 4.79 Å². The Morgan fingerprint density at radius 2 is 1.53 bits per heavy atom. The van der Waals surface area contributed by atoms with Crippen LogP contribution in [0.1, 0.15) is 24.2 Å². The van der Waals surface area contributed by atoms with Gasteiger partial charge in [0.25, 0.3) is 0 Å². The molecule has 2 aromatic carbocycles. The molecule has 0 aromatic heterocycles. The zero-order valence-electron chi connectivity index (χ0n) is 10.9. The molecule has 0 amide bonds. The van der Waals surface area contributed by atoms with Crippen LogP contribution < -0.4 is 0 Å². The Labute approximate surface area is 113 Å². The minimum Gasteiger partial charge on any atom is -0.453 e. The van der Waals surface area contributed by atoms with Crippen LogP contribution in [0.15, 0.2) is 67.2 Å². The summed E-state index contributed by atoms with van der Waals surface area (Å²) in [6.07, 6.45) is -0.443. The average Bonchev–Trinajstić information content (AvgIpc) is 2.46. The molecule has 0 aliphatic rings. The predicted molar refractivity (Wildman–Crippen MR) is 76.4 cm³/mol. The summed E-state index contributed by atoms with van der Waals surface area (Å²) in [6.45, 7) is 5.49. The molecule has 0 aliphatic heterocycles. The fraction of sp³-hybridized carbons (Fsp3) is 0.118. The average molecular weight is 252 g/mol. The Hall–Kier alpha value is -2.35. The number of rotatable bonds is 4. The van der Waals surface area contributed by atoms with Gasteiger partial charge in [0, 0.05) is 6.92 Å². The van der Waals surface area contributed by atoms with E-state index in [1.165, 1.54) is 6.92 Å². The second kappa shape index (κ2) is 6.01. The van der Waals surface area contributed by atoms with Crippen molar-refractivity contribution in [3.8, 4) is 0 Å².